The predicted molar refractivity (Wildman–Crippen MR) is 89.3 cm³/mol. The molecule has 24 heavy (non-hydrogen) atoms. The quantitative estimate of drug-likeness (QED) is 0.469. The van der Waals surface area contributed by atoms with Crippen LogP contribution in [0.4, 0.5) is 5.69 Å². The van der Waals surface area contributed by atoms with Crippen LogP contribution in [0, 0.1) is 22.0 Å². The molecule has 8 heteroatoms. The van der Waals surface area contributed by atoms with Crippen molar-refractivity contribution in [2.45, 2.75) is 6.10 Å². The lowest BCUT2D eigenvalue weighted by molar-refractivity contribution is -0.384. The van der Waals surface area contributed by atoms with Crippen LogP contribution in [-0.2, 0) is 4.74 Å². The molecule has 3 rings (SSSR count). The zero-order valence-electron chi connectivity index (χ0n) is 13.6. The predicted octanol–water partition coefficient (Wildman–Crippen LogP) is 1.90. The number of carbonyl (C=O) groups excluding carboxylic acids is 1. The molecule has 0 saturated carbocycles. The van der Waals surface area contributed by atoms with Crippen molar-refractivity contribution in [3.63, 3.8) is 0 Å². The lowest BCUT2D eigenvalue weighted by Gasteiger charge is -2.48. The first kappa shape index (κ1) is 17.1. The van der Waals surface area contributed by atoms with Crippen LogP contribution in [0.2, 0.25) is 5.02 Å². The number of hydrogen-bond acceptors (Lipinski definition) is 6. The van der Waals surface area contributed by atoms with Crippen molar-refractivity contribution in [1.82, 2.24) is 9.80 Å². The first-order valence-electron chi connectivity index (χ1n) is 7.87. The van der Waals surface area contributed by atoms with Crippen LogP contribution in [0.1, 0.15) is 10.4 Å². The summed E-state index contributed by atoms with van der Waals surface area (Å²) in [5.41, 5.74) is 0.0296. The Morgan fingerprint density at radius 2 is 1.75 bits per heavy atom. The van der Waals surface area contributed by atoms with E-state index in [-0.39, 0.29) is 34.2 Å². The average molecular weight is 354 g/mol. The first-order valence-corrected chi connectivity index (χ1v) is 8.25. The van der Waals surface area contributed by atoms with Gasteiger partial charge in [-0.2, -0.15) is 0 Å². The van der Waals surface area contributed by atoms with Gasteiger partial charge in [0.2, 0.25) is 0 Å². The summed E-state index contributed by atoms with van der Waals surface area (Å²) in [6, 6.07) is 3.81. The van der Waals surface area contributed by atoms with Gasteiger partial charge in [-0.3, -0.25) is 10.1 Å². The summed E-state index contributed by atoms with van der Waals surface area (Å²) in [6.07, 6.45) is -0.142. The van der Waals surface area contributed by atoms with Gasteiger partial charge < -0.3 is 14.5 Å². The molecular formula is C16H20ClN3O4. The zero-order chi connectivity index (χ0) is 17.4. The Hall–Kier alpha value is -1.70. The molecule has 2 saturated heterocycles. The van der Waals surface area contributed by atoms with E-state index >= 15 is 0 Å². The van der Waals surface area contributed by atoms with Crippen molar-refractivity contribution in [2.24, 2.45) is 11.8 Å². The van der Waals surface area contributed by atoms with E-state index in [1.54, 1.807) is 0 Å². The molecule has 2 bridgehead atoms. The third-order valence-electron chi connectivity index (χ3n) is 4.74. The fraction of sp³-hybridized carbons (Fsp3) is 0.562. The fourth-order valence-electron chi connectivity index (χ4n) is 3.83. The highest BCUT2D eigenvalue weighted by Crippen LogP contribution is 2.32. The summed E-state index contributed by atoms with van der Waals surface area (Å²) in [5, 5.41) is 10.8. The molecule has 0 aromatic heterocycles. The van der Waals surface area contributed by atoms with Crippen LogP contribution in [0.3, 0.4) is 0 Å². The third kappa shape index (κ3) is 3.38. The standard InChI is InChI=1S/C16H20ClN3O4/c1-18-6-10-8-19(2)9-11(7-18)15(10)24-16(21)13-4-3-12(20(22)23)5-14(13)17/h3-5,10-11,15H,6-9H2,1-2H3. The molecule has 2 aliphatic rings. The molecule has 0 unspecified atom stereocenters. The number of piperidine rings is 2. The number of rotatable bonds is 3. The van der Waals surface area contributed by atoms with Gasteiger partial charge in [0.1, 0.15) is 6.10 Å². The van der Waals surface area contributed by atoms with Crippen molar-refractivity contribution in [3.05, 3.63) is 38.9 Å². The average Bonchev–Trinajstić information content (AvgIpc) is 2.48. The van der Waals surface area contributed by atoms with Crippen LogP contribution < -0.4 is 0 Å². The molecule has 2 fully saturated rings. The van der Waals surface area contributed by atoms with E-state index in [4.69, 9.17) is 16.3 Å². The second-order valence-electron chi connectivity index (χ2n) is 6.75. The number of nitrogens with zero attached hydrogens (tertiary/aromatic N) is 3. The van der Waals surface area contributed by atoms with Gasteiger partial charge in [0.25, 0.3) is 5.69 Å². The Morgan fingerprint density at radius 1 is 1.21 bits per heavy atom. The number of hydrogen-bond donors (Lipinski definition) is 0. The second-order valence-corrected chi connectivity index (χ2v) is 7.16. The summed E-state index contributed by atoms with van der Waals surface area (Å²) in [4.78, 5) is 27.3. The lowest BCUT2D eigenvalue weighted by atomic mass is 9.82. The van der Waals surface area contributed by atoms with Crippen LogP contribution in [0.25, 0.3) is 0 Å². The van der Waals surface area contributed by atoms with Crippen molar-refractivity contribution in [3.8, 4) is 0 Å². The summed E-state index contributed by atoms with van der Waals surface area (Å²) >= 11 is 6.03. The van der Waals surface area contributed by atoms with Crippen molar-refractivity contribution >= 4 is 23.3 Å². The van der Waals surface area contributed by atoms with E-state index in [9.17, 15) is 14.9 Å². The second kappa shape index (κ2) is 6.66. The molecule has 2 aliphatic heterocycles. The number of non-ortho nitro benzene ring substituents is 1. The summed E-state index contributed by atoms with van der Waals surface area (Å²) < 4.78 is 5.78. The normalized spacial score (nSPS) is 27.7. The Bertz CT molecular complexity index is 639. The summed E-state index contributed by atoms with van der Waals surface area (Å²) in [7, 11) is 4.16. The van der Waals surface area contributed by atoms with Gasteiger partial charge in [0.05, 0.1) is 15.5 Å². The van der Waals surface area contributed by atoms with Crippen LogP contribution in [0.5, 0.6) is 0 Å². The number of nitro groups is 1. The maximum atomic E-state index is 12.5. The topological polar surface area (TPSA) is 75.9 Å². The molecular weight excluding hydrogens is 334 g/mol. The summed E-state index contributed by atoms with van der Waals surface area (Å²) in [5.74, 6) is 0.00514. The number of likely N-dealkylation sites (tertiary alicyclic amines) is 2. The Kier molecular flexibility index (Phi) is 4.76. The van der Waals surface area contributed by atoms with Crippen molar-refractivity contribution in [2.75, 3.05) is 40.3 Å². The van der Waals surface area contributed by atoms with Crippen LogP contribution in [0.15, 0.2) is 18.2 Å². The van der Waals surface area contributed by atoms with Crippen molar-refractivity contribution < 1.29 is 14.5 Å². The maximum Gasteiger partial charge on any atom is 0.339 e. The largest absolute Gasteiger partial charge is 0.458 e. The molecule has 0 atom stereocenters. The smallest absolute Gasteiger partial charge is 0.339 e. The van der Waals surface area contributed by atoms with E-state index in [1.807, 2.05) is 0 Å². The highest BCUT2D eigenvalue weighted by atomic mass is 35.5. The Balaban J connectivity index is 1.76. The molecule has 0 spiro atoms. The van der Waals surface area contributed by atoms with E-state index in [1.165, 1.54) is 18.2 Å². The molecule has 0 N–H and O–H groups in total. The molecule has 130 valence electrons. The maximum absolute atomic E-state index is 12.5. The van der Waals surface area contributed by atoms with Crippen molar-refractivity contribution in [1.29, 1.82) is 0 Å². The highest BCUT2D eigenvalue weighted by Gasteiger charge is 2.43. The number of ether oxygens (including phenoxy) is 1. The molecule has 1 aromatic rings. The Labute approximate surface area is 145 Å². The number of carbonyl (C=O) groups is 1. The van der Waals surface area contributed by atoms with Crippen LogP contribution >= 0.6 is 11.6 Å². The van der Waals surface area contributed by atoms with Gasteiger partial charge in [-0.25, -0.2) is 4.79 Å². The zero-order valence-corrected chi connectivity index (χ0v) is 14.4. The number of fused-ring (bicyclic) bond motifs is 2. The number of esters is 1. The van der Waals surface area contributed by atoms with E-state index in [2.05, 4.69) is 23.9 Å². The van der Waals surface area contributed by atoms with E-state index < -0.39 is 10.9 Å². The minimum absolute atomic E-state index is 0.0457. The van der Waals surface area contributed by atoms with Gasteiger partial charge in [0.15, 0.2) is 0 Å². The summed E-state index contributed by atoms with van der Waals surface area (Å²) in [6.45, 7) is 3.53. The number of nitro benzene ring substituents is 1. The molecule has 7 nitrogen and oxygen atoms in total. The minimum Gasteiger partial charge on any atom is -0.458 e. The fourth-order valence-corrected chi connectivity index (χ4v) is 4.08. The number of halogens is 1. The van der Waals surface area contributed by atoms with E-state index in [0.717, 1.165) is 26.2 Å². The minimum atomic E-state index is -0.543. The third-order valence-corrected chi connectivity index (χ3v) is 5.05. The monoisotopic (exact) mass is 353 g/mol. The van der Waals surface area contributed by atoms with Gasteiger partial charge in [-0.05, 0) is 20.2 Å². The molecule has 0 radical (unpaired) electrons. The molecule has 0 aliphatic carbocycles. The Morgan fingerprint density at radius 3 is 2.21 bits per heavy atom. The van der Waals surface area contributed by atoms with Gasteiger partial charge >= 0.3 is 5.97 Å². The highest BCUT2D eigenvalue weighted by molar-refractivity contribution is 6.33. The first-order chi connectivity index (χ1) is 11.3. The molecule has 2 heterocycles. The van der Waals surface area contributed by atoms with Crippen LogP contribution in [-0.4, -0.2) is 67.1 Å². The molecule has 0 amide bonds. The SMILES string of the molecule is CN1CC2CN(C)CC(C1)C2OC(=O)c1ccc([N+](=O)[O-])cc1Cl. The van der Waals surface area contributed by atoms with Gasteiger partial charge in [0, 0.05) is 50.1 Å². The van der Waals surface area contributed by atoms with E-state index in [0.29, 0.717) is 0 Å². The lowest BCUT2D eigenvalue weighted by Crippen LogP contribution is -2.59. The number of benzene rings is 1. The molecule has 1 aromatic carbocycles. The van der Waals surface area contributed by atoms with Gasteiger partial charge in [-0.1, -0.05) is 11.6 Å². The van der Waals surface area contributed by atoms with Gasteiger partial charge in [-0.15, -0.1) is 0 Å².